The van der Waals surface area contributed by atoms with E-state index in [2.05, 4.69) is 48.5 Å². The van der Waals surface area contributed by atoms with Crippen LogP contribution in [0.3, 0.4) is 0 Å². The summed E-state index contributed by atoms with van der Waals surface area (Å²) in [7, 11) is 0. The number of fused-ring (bicyclic) bond motifs is 1. The van der Waals surface area contributed by atoms with E-state index in [1.165, 1.54) is 16.9 Å². The van der Waals surface area contributed by atoms with E-state index in [9.17, 15) is 4.79 Å². The molecule has 0 aliphatic rings. The Bertz CT molecular complexity index is 804. The van der Waals surface area contributed by atoms with Gasteiger partial charge in [-0.2, -0.15) is 0 Å². The van der Waals surface area contributed by atoms with Gasteiger partial charge in [0.05, 0.1) is 11.0 Å². The molecule has 3 rings (SSSR count). The zero-order valence-electron chi connectivity index (χ0n) is 17.0. The van der Waals surface area contributed by atoms with Crippen LogP contribution in [0.1, 0.15) is 62.8 Å². The number of hydrogen-bond acceptors (Lipinski definition) is 2. The summed E-state index contributed by atoms with van der Waals surface area (Å²) in [6.45, 7) is 13.2. The highest BCUT2D eigenvalue weighted by Crippen LogP contribution is 2.20. The minimum absolute atomic E-state index is 0.121. The number of carbonyl (C=O) groups excluding carboxylic acids is 1. The number of ketones is 1. The van der Waals surface area contributed by atoms with Crippen molar-refractivity contribution in [2.24, 2.45) is 0 Å². The molecule has 3 nitrogen and oxygen atoms in total. The van der Waals surface area contributed by atoms with Crippen molar-refractivity contribution < 1.29 is 4.79 Å². The van der Waals surface area contributed by atoms with Gasteiger partial charge in [-0.3, -0.25) is 4.79 Å². The van der Waals surface area contributed by atoms with Gasteiger partial charge in [0, 0.05) is 18.5 Å². The maximum absolute atomic E-state index is 10.6. The van der Waals surface area contributed by atoms with Gasteiger partial charge in [-0.05, 0) is 31.9 Å². The van der Waals surface area contributed by atoms with E-state index in [0.29, 0.717) is 0 Å². The Morgan fingerprint density at radius 2 is 1.65 bits per heavy atom. The smallest absolute Gasteiger partial charge is 0.159 e. The van der Waals surface area contributed by atoms with Crippen molar-refractivity contribution in [1.29, 1.82) is 0 Å². The van der Waals surface area contributed by atoms with Crippen molar-refractivity contribution in [3.8, 4) is 0 Å². The predicted octanol–water partition coefficient (Wildman–Crippen LogP) is 6.23. The molecule has 1 heterocycles. The molecule has 2 aromatic carbocycles. The minimum atomic E-state index is 0.121. The number of aromatic nitrogens is 2. The van der Waals surface area contributed by atoms with Crippen molar-refractivity contribution in [2.75, 3.05) is 0 Å². The summed E-state index contributed by atoms with van der Waals surface area (Å²) >= 11 is 0. The Hall–Kier alpha value is -2.42. The Morgan fingerprint density at radius 1 is 1.00 bits per heavy atom. The third-order valence-electron chi connectivity index (χ3n) is 3.99. The molecule has 0 spiro atoms. The Labute approximate surface area is 158 Å². The number of benzene rings is 2. The van der Waals surface area contributed by atoms with Crippen molar-refractivity contribution >= 4 is 16.8 Å². The molecule has 0 bridgehead atoms. The van der Waals surface area contributed by atoms with Crippen LogP contribution in [0.5, 0.6) is 0 Å². The van der Waals surface area contributed by atoms with Gasteiger partial charge in [0.1, 0.15) is 5.82 Å². The molecule has 140 valence electrons. The normalized spacial score (nSPS) is 9.77. The number of hydrogen-bond donors (Lipinski definition) is 0. The fourth-order valence-electron chi connectivity index (χ4n) is 2.82. The molecule has 0 radical (unpaired) electrons. The number of aryl methyl sites for hydroxylation is 3. The van der Waals surface area contributed by atoms with Gasteiger partial charge in [-0.25, -0.2) is 4.98 Å². The van der Waals surface area contributed by atoms with Crippen molar-refractivity contribution in [3.05, 3.63) is 65.5 Å². The van der Waals surface area contributed by atoms with E-state index in [4.69, 9.17) is 0 Å². The molecule has 0 fully saturated rings. The topological polar surface area (TPSA) is 34.9 Å². The number of imidazole rings is 1. The zero-order chi connectivity index (χ0) is 19.5. The van der Waals surface area contributed by atoms with Crippen LogP contribution in [-0.4, -0.2) is 15.3 Å². The lowest BCUT2D eigenvalue weighted by atomic mass is 10.2. The summed E-state index contributed by atoms with van der Waals surface area (Å²) in [5, 5.41) is 0. The second-order valence-corrected chi connectivity index (χ2v) is 5.90. The highest BCUT2D eigenvalue weighted by atomic mass is 16.1. The van der Waals surface area contributed by atoms with Gasteiger partial charge in [0.2, 0.25) is 0 Å². The fraction of sp³-hybridized carbons (Fsp3) is 0.391. The van der Waals surface area contributed by atoms with E-state index < -0.39 is 0 Å². The Kier molecular flexibility index (Phi) is 9.35. The van der Waals surface area contributed by atoms with E-state index in [1.54, 1.807) is 6.92 Å². The van der Waals surface area contributed by atoms with Crippen LogP contribution in [0.25, 0.3) is 11.0 Å². The monoisotopic (exact) mass is 352 g/mol. The molecule has 1 aromatic heterocycles. The molecule has 0 amide bonds. The summed E-state index contributed by atoms with van der Waals surface area (Å²) in [4.78, 5) is 15.3. The lowest BCUT2D eigenvalue weighted by Crippen LogP contribution is -2.02. The van der Waals surface area contributed by atoms with E-state index in [-0.39, 0.29) is 5.78 Å². The lowest BCUT2D eigenvalue weighted by Gasteiger charge is -2.07. The molecule has 3 heteroatoms. The van der Waals surface area contributed by atoms with Gasteiger partial charge in [-0.1, -0.05) is 70.2 Å². The van der Waals surface area contributed by atoms with Gasteiger partial charge in [0.25, 0.3) is 0 Å². The molecule has 3 aromatic rings. The third kappa shape index (κ3) is 5.55. The molecule has 0 saturated heterocycles. The van der Waals surface area contributed by atoms with E-state index in [0.717, 1.165) is 30.5 Å². The van der Waals surface area contributed by atoms with Crippen LogP contribution in [0, 0.1) is 6.92 Å². The standard InChI is InChI=1S/C13H18N2.C8H8O.C2H6/c1-4-9-15-12(5-2)14-11-8-6-7-10(3)13(11)15;1-7(9)8-5-3-2-4-6-8;1-2/h6-8H,4-5,9H2,1-3H3;2-6H,1H3;1-2H3. The Balaban J connectivity index is 0.000000263. The van der Waals surface area contributed by atoms with Crippen molar-refractivity contribution in [2.45, 2.75) is 60.9 Å². The second-order valence-electron chi connectivity index (χ2n) is 5.90. The van der Waals surface area contributed by atoms with Crippen LogP contribution in [0.15, 0.2) is 48.5 Å². The van der Waals surface area contributed by atoms with E-state index in [1.807, 2.05) is 44.2 Å². The minimum Gasteiger partial charge on any atom is -0.328 e. The fourth-order valence-corrected chi connectivity index (χ4v) is 2.82. The number of carbonyl (C=O) groups is 1. The maximum atomic E-state index is 10.6. The SMILES string of the molecule is CC.CC(=O)c1ccccc1.CCCn1c(CC)nc2cccc(C)c21. The molecule has 0 aliphatic carbocycles. The average Bonchev–Trinajstić information content (AvgIpc) is 3.04. The van der Waals surface area contributed by atoms with Gasteiger partial charge >= 0.3 is 0 Å². The summed E-state index contributed by atoms with van der Waals surface area (Å²) in [5.41, 5.74) is 4.56. The average molecular weight is 353 g/mol. The zero-order valence-corrected chi connectivity index (χ0v) is 17.0. The first kappa shape index (κ1) is 21.6. The van der Waals surface area contributed by atoms with Crippen LogP contribution < -0.4 is 0 Å². The molecule has 0 N–H and O–H groups in total. The van der Waals surface area contributed by atoms with Gasteiger partial charge < -0.3 is 4.57 Å². The van der Waals surface area contributed by atoms with E-state index >= 15 is 0 Å². The summed E-state index contributed by atoms with van der Waals surface area (Å²) in [6.07, 6.45) is 2.17. The van der Waals surface area contributed by atoms with Gasteiger partial charge in [0.15, 0.2) is 5.78 Å². The lowest BCUT2D eigenvalue weighted by molar-refractivity contribution is 0.101. The van der Waals surface area contributed by atoms with Crippen molar-refractivity contribution in [1.82, 2.24) is 9.55 Å². The molecule has 0 unspecified atom stereocenters. The molecule has 26 heavy (non-hydrogen) atoms. The summed E-state index contributed by atoms with van der Waals surface area (Å²) < 4.78 is 2.37. The van der Waals surface area contributed by atoms with Crippen LogP contribution in [0.4, 0.5) is 0 Å². The van der Waals surface area contributed by atoms with Crippen LogP contribution in [0.2, 0.25) is 0 Å². The summed E-state index contributed by atoms with van der Waals surface area (Å²) in [6, 6.07) is 15.6. The molecule has 0 aliphatic heterocycles. The molecular formula is C23H32N2O. The van der Waals surface area contributed by atoms with Crippen molar-refractivity contribution in [3.63, 3.8) is 0 Å². The highest BCUT2D eigenvalue weighted by Gasteiger charge is 2.09. The number of Topliss-reactive ketones (excluding diaryl/α,β-unsaturated/α-hetero) is 1. The molecular weight excluding hydrogens is 320 g/mol. The molecule has 0 atom stereocenters. The van der Waals surface area contributed by atoms with Gasteiger partial charge in [-0.15, -0.1) is 0 Å². The second kappa shape index (κ2) is 11.2. The predicted molar refractivity (Wildman–Crippen MR) is 112 cm³/mol. The first-order chi connectivity index (χ1) is 12.6. The Morgan fingerprint density at radius 3 is 2.15 bits per heavy atom. The molecule has 0 saturated carbocycles. The quantitative estimate of drug-likeness (QED) is 0.521. The highest BCUT2D eigenvalue weighted by molar-refractivity contribution is 5.93. The summed E-state index contributed by atoms with van der Waals surface area (Å²) in [5.74, 6) is 1.33. The maximum Gasteiger partial charge on any atom is 0.159 e. The first-order valence-corrected chi connectivity index (χ1v) is 9.59. The van der Waals surface area contributed by atoms with Crippen LogP contribution >= 0.6 is 0 Å². The first-order valence-electron chi connectivity index (χ1n) is 9.59. The number of nitrogens with zero attached hydrogens (tertiary/aromatic N) is 2. The number of para-hydroxylation sites is 1. The largest absolute Gasteiger partial charge is 0.328 e. The number of rotatable bonds is 4. The van der Waals surface area contributed by atoms with Crippen LogP contribution in [-0.2, 0) is 13.0 Å². The third-order valence-corrected chi connectivity index (χ3v) is 3.99.